The third-order valence-corrected chi connectivity index (χ3v) is 2.20. The molecule has 0 aliphatic heterocycles. The zero-order chi connectivity index (χ0) is 13.3. The van der Waals surface area contributed by atoms with Crippen LogP contribution < -0.4 is 10.6 Å². The van der Waals surface area contributed by atoms with Gasteiger partial charge in [-0.05, 0) is 6.92 Å². The van der Waals surface area contributed by atoms with Crippen LogP contribution in [-0.4, -0.2) is 52.4 Å². The molecule has 0 aromatic heterocycles. The highest BCUT2D eigenvalue weighted by molar-refractivity contribution is 14.0. The molecule has 6 nitrogen and oxygen atoms in total. The highest BCUT2D eigenvalue weighted by Crippen LogP contribution is 1.95. The van der Waals surface area contributed by atoms with Crippen LogP contribution in [0, 0.1) is 5.92 Å². The van der Waals surface area contributed by atoms with Gasteiger partial charge in [-0.25, -0.2) is 0 Å². The Balaban J connectivity index is 0. The van der Waals surface area contributed by atoms with Gasteiger partial charge in [-0.1, -0.05) is 6.92 Å². The van der Waals surface area contributed by atoms with Crippen LogP contribution in [0.25, 0.3) is 0 Å². The number of ether oxygens (including phenoxy) is 2. The molecule has 0 spiro atoms. The van der Waals surface area contributed by atoms with Crippen LogP contribution in [-0.2, 0) is 14.3 Å². The van der Waals surface area contributed by atoms with Crippen molar-refractivity contribution in [1.29, 1.82) is 0 Å². The second kappa shape index (κ2) is 11.5. The minimum Gasteiger partial charge on any atom is -0.469 e. The first kappa shape index (κ1) is 19.8. The number of methoxy groups -OCH3 is 2. The fourth-order valence-corrected chi connectivity index (χ4v) is 1.25. The first-order valence-corrected chi connectivity index (χ1v) is 5.59. The highest BCUT2D eigenvalue weighted by atomic mass is 127. The first-order valence-electron chi connectivity index (χ1n) is 5.59. The molecule has 0 fully saturated rings. The normalized spacial score (nSPS) is 14.2. The quantitative estimate of drug-likeness (QED) is 0.309. The van der Waals surface area contributed by atoms with Crippen LogP contribution in [0.3, 0.4) is 0 Å². The van der Waals surface area contributed by atoms with Gasteiger partial charge < -0.3 is 20.1 Å². The SMILES string of the molecule is CN=C(NCC(C)C(=O)OC)NC(C)COC.I. The van der Waals surface area contributed by atoms with Gasteiger partial charge in [-0.2, -0.15) is 0 Å². The predicted octanol–water partition coefficient (Wildman–Crippen LogP) is 0.613. The van der Waals surface area contributed by atoms with E-state index >= 15 is 0 Å². The van der Waals surface area contributed by atoms with Crippen LogP contribution in [0.1, 0.15) is 13.8 Å². The van der Waals surface area contributed by atoms with E-state index in [1.807, 2.05) is 6.92 Å². The molecule has 2 N–H and O–H groups in total. The van der Waals surface area contributed by atoms with E-state index in [1.54, 1.807) is 21.1 Å². The van der Waals surface area contributed by atoms with E-state index in [1.165, 1.54) is 7.11 Å². The van der Waals surface area contributed by atoms with Crippen molar-refractivity contribution in [3.63, 3.8) is 0 Å². The first-order chi connectivity index (χ1) is 8.04. The molecule has 0 aliphatic carbocycles. The number of rotatable bonds is 6. The Bertz CT molecular complexity index is 262. The summed E-state index contributed by atoms with van der Waals surface area (Å²) < 4.78 is 9.65. The molecular formula is C11H24IN3O3. The van der Waals surface area contributed by atoms with Crippen LogP contribution in [0.2, 0.25) is 0 Å². The van der Waals surface area contributed by atoms with Crippen molar-refractivity contribution in [2.45, 2.75) is 19.9 Å². The molecule has 0 aromatic rings. The molecule has 0 aliphatic rings. The van der Waals surface area contributed by atoms with E-state index in [9.17, 15) is 4.79 Å². The summed E-state index contributed by atoms with van der Waals surface area (Å²) >= 11 is 0. The molecule has 108 valence electrons. The smallest absolute Gasteiger partial charge is 0.310 e. The largest absolute Gasteiger partial charge is 0.469 e. The molecule has 18 heavy (non-hydrogen) atoms. The number of nitrogens with one attached hydrogen (secondary N) is 2. The molecule has 7 heteroatoms. The molecule has 0 saturated heterocycles. The summed E-state index contributed by atoms with van der Waals surface area (Å²) in [4.78, 5) is 15.2. The van der Waals surface area contributed by atoms with E-state index in [0.717, 1.165) is 0 Å². The fraction of sp³-hybridized carbons (Fsp3) is 0.818. The maximum atomic E-state index is 11.2. The maximum Gasteiger partial charge on any atom is 0.310 e. The summed E-state index contributed by atoms with van der Waals surface area (Å²) in [5.74, 6) is 0.194. The van der Waals surface area contributed by atoms with Gasteiger partial charge in [-0.3, -0.25) is 9.79 Å². The number of carbonyl (C=O) groups is 1. The summed E-state index contributed by atoms with van der Waals surface area (Å²) in [5.41, 5.74) is 0. The molecule has 0 heterocycles. The number of nitrogens with zero attached hydrogens (tertiary/aromatic N) is 1. The molecule has 2 atom stereocenters. The van der Waals surface area contributed by atoms with E-state index in [4.69, 9.17) is 4.74 Å². The van der Waals surface area contributed by atoms with E-state index in [-0.39, 0.29) is 41.9 Å². The van der Waals surface area contributed by atoms with Crippen LogP contribution in [0.5, 0.6) is 0 Å². The summed E-state index contributed by atoms with van der Waals surface area (Å²) in [7, 11) is 4.71. The molecular weight excluding hydrogens is 349 g/mol. The number of halogens is 1. The van der Waals surface area contributed by atoms with Crippen LogP contribution in [0.15, 0.2) is 4.99 Å². The molecule has 0 radical (unpaired) electrons. The van der Waals surface area contributed by atoms with Gasteiger partial charge in [0.15, 0.2) is 5.96 Å². The number of esters is 1. The van der Waals surface area contributed by atoms with Gasteiger partial charge >= 0.3 is 5.97 Å². The highest BCUT2D eigenvalue weighted by Gasteiger charge is 2.13. The lowest BCUT2D eigenvalue weighted by Gasteiger charge is -2.18. The van der Waals surface area contributed by atoms with Crippen molar-refractivity contribution in [3.8, 4) is 0 Å². The van der Waals surface area contributed by atoms with E-state index in [2.05, 4.69) is 20.4 Å². The monoisotopic (exact) mass is 373 g/mol. The van der Waals surface area contributed by atoms with Crippen LogP contribution in [0.4, 0.5) is 0 Å². The lowest BCUT2D eigenvalue weighted by atomic mass is 10.2. The molecule has 0 bridgehead atoms. The van der Waals surface area contributed by atoms with Crippen molar-refractivity contribution < 1.29 is 14.3 Å². The summed E-state index contributed by atoms with van der Waals surface area (Å²) in [6.45, 7) is 4.85. The number of carbonyl (C=O) groups excluding carboxylic acids is 1. The van der Waals surface area contributed by atoms with Crippen molar-refractivity contribution in [2.75, 3.05) is 34.4 Å². The minimum absolute atomic E-state index is 0. The predicted molar refractivity (Wildman–Crippen MR) is 82.4 cm³/mol. The number of aliphatic imine (C=N–C) groups is 1. The van der Waals surface area contributed by atoms with E-state index < -0.39 is 0 Å². The Morgan fingerprint density at radius 3 is 2.39 bits per heavy atom. The van der Waals surface area contributed by atoms with Gasteiger partial charge in [0, 0.05) is 26.7 Å². The van der Waals surface area contributed by atoms with Crippen LogP contribution >= 0.6 is 24.0 Å². The maximum absolute atomic E-state index is 11.2. The molecule has 2 unspecified atom stereocenters. The average molecular weight is 373 g/mol. The fourth-order valence-electron chi connectivity index (χ4n) is 1.25. The average Bonchev–Trinajstić information content (AvgIpc) is 2.33. The summed E-state index contributed by atoms with van der Waals surface area (Å²) in [5, 5.41) is 6.20. The summed E-state index contributed by atoms with van der Waals surface area (Å²) in [6, 6.07) is 0.152. The van der Waals surface area contributed by atoms with Crippen molar-refractivity contribution in [1.82, 2.24) is 10.6 Å². The summed E-state index contributed by atoms with van der Waals surface area (Å²) in [6.07, 6.45) is 0. The van der Waals surface area contributed by atoms with Gasteiger partial charge in [0.05, 0.1) is 19.6 Å². The Kier molecular flexibility index (Phi) is 12.6. The number of guanidine groups is 1. The molecule has 0 rings (SSSR count). The number of hydrogen-bond donors (Lipinski definition) is 2. The standard InChI is InChI=1S/C11H23N3O3.HI/c1-8(10(15)17-5)6-13-11(12-3)14-9(2)7-16-4;/h8-9H,6-7H2,1-5H3,(H2,12,13,14);1H. The second-order valence-corrected chi connectivity index (χ2v) is 3.88. The van der Waals surface area contributed by atoms with Gasteiger partial charge in [-0.15, -0.1) is 24.0 Å². The van der Waals surface area contributed by atoms with Crippen molar-refractivity contribution in [2.24, 2.45) is 10.9 Å². The third kappa shape index (κ3) is 8.51. The Morgan fingerprint density at radius 2 is 1.94 bits per heavy atom. The van der Waals surface area contributed by atoms with Crippen molar-refractivity contribution in [3.05, 3.63) is 0 Å². The van der Waals surface area contributed by atoms with Gasteiger partial charge in [0.1, 0.15) is 0 Å². The lowest BCUT2D eigenvalue weighted by Crippen LogP contribution is -2.45. The third-order valence-electron chi connectivity index (χ3n) is 2.20. The Morgan fingerprint density at radius 1 is 1.33 bits per heavy atom. The zero-order valence-electron chi connectivity index (χ0n) is 11.6. The van der Waals surface area contributed by atoms with Gasteiger partial charge in [0.25, 0.3) is 0 Å². The topological polar surface area (TPSA) is 72.0 Å². The molecule has 0 amide bonds. The Labute approximate surface area is 126 Å². The van der Waals surface area contributed by atoms with Crippen molar-refractivity contribution >= 4 is 35.9 Å². The van der Waals surface area contributed by atoms with Gasteiger partial charge in [0.2, 0.25) is 0 Å². The lowest BCUT2D eigenvalue weighted by molar-refractivity contribution is -0.144. The second-order valence-electron chi connectivity index (χ2n) is 3.88. The number of hydrogen-bond acceptors (Lipinski definition) is 4. The molecule has 0 saturated carbocycles. The zero-order valence-corrected chi connectivity index (χ0v) is 14.0. The van der Waals surface area contributed by atoms with E-state index in [0.29, 0.717) is 19.1 Å². The molecule has 0 aromatic carbocycles. The minimum atomic E-state index is -0.238. The Hall–Kier alpha value is -0.570.